The van der Waals surface area contributed by atoms with E-state index in [0.29, 0.717) is 18.8 Å². The first-order chi connectivity index (χ1) is 12.7. The summed E-state index contributed by atoms with van der Waals surface area (Å²) in [5.74, 6) is -0.322. The topological polar surface area (TPSA) is 37.3 Å². The van der Waals surface area contributed by atoms with Crippen LogP contribution >= 0.6 is 11.3 Å². The second kappa shape index (κ2) is 7.60. The molecule has 2 aromatic heterocycles. The largest absolute Gasteiger partial charge is 0.349 e. The van der Waals surface area contributed by atoms with E-state index < -0.39 is 0 Å². The van der Waals surface area contributed by atoms with Crippen LogP contribution in [0.25, 0.3) is 10.2 Å². The normalized spacial score (nSPS) is 15.0. The Kier molecular flexibility index (Phi) is 5.04. The molecule has 26 heavy (non-hydrogen) atoms. The van der Waals surface area contributed by atoms with Gasteiger partial charge in [0.1, 0.15) is 16.3 Å². The first kappa shape index (κ1) is 17.2. The molecule has 136 valence electrons. The Hall–Kier alpha value is -2.18. The van der Waals surface area contributed by atoms with Crippen molar-refractivity contribution in [2.75, 3.05) is 26.2 Å². The molecule has 1 fully saturated rings. The molecule has 0 bridgehead atoms. The van der Waals surface area contributed by atoms with E-state index >= 15 is 0 Å². The smallest absolute Gasteiger partial charge is 0.268 e. The Morgan fingerprint density at radius 1 is 1.19 bits per heavy atom. The van der Waals surface area contributed by atoms with Crippen LogP contribution in [0.4, 0.5) is 4.39 Å². The molecule has 1 N–H and O–H groups in total. The summed E-state index contributed by atoms with van der Waals surface area (Å²) >= 11 is 1.60. The SMILES string of the molecule is O=C(NCCN1CCCC1)c1cc2ccsc2n1Cc1cccc(F)c1. The number of likely N-dealkylation sites (tertiary alicyclic amines) is 1. The summed E-state index contributed by atoms with van der Waals surface area (Å²) in [5, 5.41) is 6.11. The quantitative estimate of drug-likeness (QED) is 0.717. The minimum atomic E-state index is -0.256. The highest BCUT2D eigenvalue weighted by Gasteiger charge is 2.17. The van der Waals surface area contributed by atoms with Crippen LogP contribution < -0.4 is 5.32 Å². The van der Waals surface area contributed by atoms with Crippen molar-refractivity contribution >= 4 is 27.5 Å². The minimum Gasteiger partial charge on any atom is -0.349 e. The lowest BCUT2D eigenvalue weighted by Crippen LogP contribution is -2.34. The maximum atomic E-state index is 13.5. The van der Waals surface area contributed by atoms with E-state index in [1.54, 1.807) is 17.4 Å². The van der Waals surface area contributed by atoms with Crippen LogP contribution in [0.3, 0.4) is 0 Å². The molecule has 3 aromatic rings. The number of thiophene rings is 1. The fourth-order valence-electron chi connectivity index (χ4n) is 3.56. The molecule has 0 aliphatic carbocycles. The molecule has 4 rings (SSSR count). The highest BCUT2D eigenvalue weighted by molar-refractivity contribution is 7.16. The van der Waals surface area contributed by atoms with Gasteiger partial charge in [-0.05, 0) is 61.1 Å². The van der Waals surface area contributed by atoms with Crippen molar-refractivity contribution in [1.29, 1.82) is 0 Å². The number of nitrogens with one attached hydrogen (secondary N) is 1. The number of amides is 1. The predicted molar refractivity (Wildman–Crippen MR) is 103 cm³/mol. The van der Waals surface area contributed by atoms with Gasteiger partial charge < -0.3 is 14.8 Å². The summed E-state index contributed by atoms with van der Waals surface area (Å²) in [4.78, 5) is 16.2. The first-order valence-corrected chi connectivity index (χ1v) is 9.90. The van der Waals surface area contributed by atoms with E-state index in [-0.39, 0.29) is 11.7 Å². The van der Waals surface area contributed by atoms with Gasteiger partial charge in [-0.25, -0.2) is 4.39 Å². The number of benzene rings is 1. The van der Waals surface area contributed by atoms with Crippen LogP contribution in [-0.2, 0) is 6.54 Å². The number of carbonyl (C=O) groups is 1. The minimum absolute atomic E-state index is 0.0657. The molecule has 0 saturated carbocycles. The van der Waals surface area contributed by atoms with Crippen molar-refractivity contribution in [1.82, 2.24) is 14.8 Å². The first-order valence-electron chi connectivity index (χ1n) is 9.02. The second-order valence-corrected chi connectivity index (χ2v) is 7.63. The lowest BCUT2D eigenvalue weighted by molar-refractivity contribution is 0.0941. The molecule has 4 nitrogen and oxygen atoms in total. The standard InChI is InChI=1S/C20H22FN3OS/c21-17-5-3-4-15(12-17)14-24-18(13-16-6-11-26-20(16)24)19(25)22-7-10-23-8-1-2-9-23/h3-6,11-13H,1-2,7-10,14H2,(H,22,25). The van der Waals surface area contributed by atoms with Gasteiger partial charge in [0.2, 0.25) is 0 Å². The molecule has 3 heterocycles. The van der Waals surface area contributed by atoms with Gasteiger partial charge >= 0.3 is 0 Å². The number of rotatable bonds is 6. The molecular weight excluding hydrogens is 349 g/mol. The van der Waals surface area contributed by atoms with Crippen LogP contribution in [-0.4, -0.2) is 41.6 Å². The molecule has 1 aliphatic rings. The zero-order valence-corrected chi connectivity index (χ0v) is 15.4. The molecule has 1 amide bonds. The highest BCUT2D eigenvalue weighted by atomic mass is 32.1. The third-order valence-corrected chi connectivity index (χ3v) is 5.83. The Morgan fingerprint density at radius 3 is 2.85 bits per heavy atom. The van der Waals surface area contributed by atoms with Crippen molar-refractivity contribution < 1.29 is 9.18 Å². The van der Waals surface area contributed by atoms with E-state index in [2.05, 4.69) is 10.2 Å². The van der Waals surface area contributed by atoms with E-state index in [0.717, 1.165) is 35.4 Å². The number of hydrogen-bond donors (Lipinski definition) is 1. The average Bonchev–Trinajstić information content (AvgIpc) is 3.34. The lowest BCUT2D eigenvalue weighted by atomic mass is 10.2. The number of halogens is 1. The van der Waals surface area contributed by atoms with Gasteiger partial charge in [0.15, 0.2) is 0 Å². The van der Waals surface area contributed by atoms with Crippen molar-refractivity contribution in [3.05, 3.63) is 58.9 Å². The van der Waals surface area contributed by atoms with E-state index in [1.807, 2.05) is 28.1 Å². The number of carbonyl (C=O) groups excluding carboxylic acids is 1. The fraction of sp³-hybridized carbons (Fsp3) is 0.350. The zero-order valence-electron chi connectivity index (χ0n) is 14.6. The maximum Gasteiger partial charge on any atom is 0.268 e. The molecule has 6 heteroatoms. The Balaban J connectivity index is 1.52. The van der Waals surface area contributed by atoms with Gasteiger partial charge in [-0.15, -0.1) is 11.3 Å². The Bertz CT molecular complexity index is 911. The maximum absolute atomic E-state index is 13.5. The fourth-order valence-corrected chi connectivity index (χ4v) is 4.46. The molecule has 1 aliphatic heterocycles. The van der Waals surface area contributed by atoms with Gasteiger partial charge in [-0.1, -0.05) is 12.1 Å². The molecular formula is C20H22FN3OS. The van der Waals surface area contributed by atoms with Gasteiger partial charge in [0, 0.05) is 25.0 Å². The van der Waals surface area contributed by atoms with Crippen LogP contribution in [0, 0.1) is 5.82 Å². The monoisotopic (exact) mass is 371 g/mol. The summed E-state index contributed by atoms with van der Waals surface area (Å²) in [7, 11) is 0. The van der Waals surface area contributed by atoms with E-state index in [4.69, 9.17) is 0 Å². The van der Waals surface area contributed by atoms with E-state index in [9.17, 15) is 9.18 Å². The van der Waals surface area contributed by atoms with Crippen LogP contribution in [0.1, 0.15) is 28.9 Å². The van der Waals surface area contributed by atoms with Crippen LogP contribution in [0.2, 0.25) is 0 Å². The second-order valence-electron chi connectivity index (χ2n) is 6.73. The van der Waals surface area contributed by atoms with Crippen LogP contribution in [0.5, 0.6) is 0 Å². The summed E-state index contributed by atoms with van der Waals surface area (Å²) in [6.45, 7) is 4.28. The summed E-state index contributed by atoms with van der Waals surface area (Å²) < 4.78 is 15.5. The zero-order chi connectivity index (χ0) is 17.9. The van der Waals surface area contributed by atoms with Crippen LogP contribution in [0.15, 0.2) is 41.8 Å². The molecule has 0 unspecified atom stereocenters. The molecule has 1 aromatic carbocycles. The Morgan fingerprint density at radius 2 is 2.04 bits per heavy atom. The summed E-state index contributed by atoms with van der Waals surface area (Å²) in [6.07, 6.45) is 2.50. The lowest BCUT2D eigenvalue weighted by Gasteiger charge is -2.15. The van der Waals surface area contributed by atoms with Crippen molar-refractivity contribution in [3.8, 4) is 0 Å². The van der Waals surface area contributed by atoms with Gasteiger partial charge in [0.05, 0.1) is 0 Å². The van der Waals surface area contributed by atoms with E-state index in [1.165, 1.54) is 25.0 Å². The number of nitrogens with zero attached hydrogens (tertiary/aromatic N) is 2. The number of fused-ring (bicyclic) bond motifs is 1. The van der Waals surface area contributed by atoms with Gasteiger partial charge in [-0.2, -0.15) is 0 Å². The third kappa shape index (κ3) is 3.66. The molecule has 0 atom stereocenters. The molecule has 1 saturated heterocycles. The van der Waals surface area contributed by atoms with Gasteiger partial charge in [0.25, 0.3) is 5.91 Å². The summed E-state index contributed by atoms with van der Waals surface area (Å²) in [6, 6.07) is 10.5. The number of aromatic nitrogens is 1. The predicted octanol–water partition coefficient (Wildman–Crippen LogP) is 3.72. The average molecular weight is 371 g/mol. The summed E-state index contributed by atoms with van der Waals surface area (Å²) in [5.41, 5.74) is 1.49. The third-order valence-electron chi connectivity index (χ3n) is 4.88. The van der Waals surface area contributed by atoms with Crippen molar-refractivity contribution in [3.63, 3.8) is 0 Å². The van der Waals surface area contributed by atoms with Crippen molar-refractivity contribution in [2.45, 2.75) is 19.4 Å². The Labute approximate surface area is 156 Å². The molecule has 0 radical (unpaired) electrons. The van der Waals surface area contributed by atoms with Crippen molar-refractivity contribution in [2.24, 2.45) is 0 Å². The molecule has 0 spiro atoms. The highest BCUT2D eigenvalue weighted by Crippen LogP contribution is 2.26. The number of hydrogen-bond acceptors (Lipinski definition) is 3. The van der Waals surface area contributed by atoms with Gasteiger partial charge in [-0.3, -0.25) is 4.79 Å².